The largest absolute Gasteiger partial charge is 0.305 e. The van der Waals surface area contributed by atoms with Crippen molar-refractivity contribution < 1.29 is 0 Å². The molecule has 2 aromatic heterocycles. The summed E-state index contributed by atoms with van der Waals surface area (Å²) in [5.74, 6) is 0.853. The predicted molar refractivity (Wildman–Crippen MR) is 76.2 cm³/mol. The summed E-state index contributed by atoms with van der Waals surface area (Å²) in [7, 11) is 1.97. The number of nitrogens with zero attached hydrogens (tertiary/aromatic N) is 4. The fourth-order valence-electron chi connectivity index (χ4n) is 3.57. The average molecular weight is 269 g/mol. The minimum Gasteiger partial charge on any atom is -0.305 e. The number of piperidine rings is 1. The molecule has 1 fully saturated rings. The number of rotatable bonds is 1. The van der Waals surface area contributed by atoms with Crippen LogP contribution in [0.3, 0.4) is 0 Å². The van der Waals surface area contributed by atoms with E-state index in [4.69, 9.17) is 9.97 Å². The van der Waals surface area contributed by atoms with Gasteiger partial charge < -0.3 is 5.32 Å². The Balaban J connectivity index is 1.93. The fourth-order valence-corrected chi connectivity index (χ4v) is 3.57. The van der Waals surface area contributed by atoms with Crippen molar-refractivity contribution in [1.29, 1.82) is 0 Å². The topological polar surface area (TPSA) is 55.6 Å². The van der Waals surface area contributed by atoms with Crippen molar-refractivity contribution in [2.75, 3.05) is 0 Å². The summed E-state index contributed by atoms with van der Waals surface area (Å²) in [6.07, 6.45) is 6.61. The first-order valence-corrected chi connectivity index (χ1v) is 7.34. The van der Waals surface area contributed by atoms with Crippen molar-refractivity contribution in [2.24, 2.45) is 7.05 Å². The standard InChI is InChI=1S/C15H19N5/c1-9-17-14-11(8-10-4-3-5-12(14)19-10)15(18-9)13-6-7-16-20(13)2/h6-7,10,12,19H,3-5,8H2,1-2H3/t10-,12+/m0/s1. The highest BCUT2D eigenvalue weighted by molar-refractivity contribution is 5.61. The second-order valence-corrected chi connectivity index (χ2v) is 5.87. The van der Waals surface area contributed by atoms with Gasteiger partial charge in [-0.3, -0.25) is 4.68 Å². The van der Waals surface area contributed by atoms with Crippen molar-refractivity contribution in [3.05, 3.63) is 29.3 Å². The molecule has 0 unspecified atom stereocenters. The van der Waals surface area contributed by atoms with E-state index in [1.807, 2.05) is 30.9 Å². The van der Waals surface area contributed by atoms with Gasteiger partial charge in [0.1, 0.15) is 5.82 Å². The van der Waals surface area contributed by atoms with Gasteiger partial charge in [0.25, 0.3) is 0 Å². The minimum absolute atomic E-state index is 0.408. The van der Waals surface area contributed by atoms with Gasteiger partial charge in [-0.25, -0.2) is 9.97 Å². The minimum atomic E-state index is 0.408. The van der Waals surface area contributed by atoms with Gasteiger partial charge in [-0.05, 0) is 38.7 Å². The maximum Gasteiger partial charge on any atom is 0.126 e. The van der Waals surface area contributed by atoms with Crippen molar-refractivity contribution in [3.63, 3.8) is 0 Å². The number of fused-ring (bicyclic) bond motifs is 4. The molecular formula is C15H19N5. The molecule has 2 bridgehead atoms. The molecule has 2 aromatic rings. The highest BCUT2D eigenvalue weighted by Crippen LogP contribution is 2.37. The Morgan fingerprint density at radius 1 is 1.30 bits per heavy atom. The molecule has 0 aromatic carbocycles. The van der Waals surface area contributed by atoms with Crippen LogP contribution in [0.4, 0.5) is 0 Å². The summed E-state index contributed by atoms with van der Waals surface area (Å²) in [5, 5.41) is 8.00. The van der Waals surface area contributed by atoms with Gasteiger partial charge >= 0.3 is 0 Å². The molecule has 0 radical (unpaired) electrons. The van der Waals surface area contributed by atoms with Gasteiger partial charge in [0.2, 0.25) is 0 Å². The van der Waals surface area contributed by atoms with Crippen LogP contribution in [0.15, 0.2) is 12.3 Å². The Morgan fingerprint density at radius 2 is 2.20 bits per heavy atom. The van der Waals surface area contributed by atoms with Crippen molar-refractivity contribution in [1.82, 2.24) is 25.1 Å². The van der Waals surface area contributed by atoms with E-state index in [0.717, 1.165) is 23.6 Å². The van der Waals surface area contributed by atoms with Gasteiger partial charge in [0, 0.05) is 24.8 Å². The lowest BCUT2D eigenvalue weighted by Crippen LogP contribution is -2.43. The average Bonchev–Trinajstić information content (AvgIpc) is 2.86. The third-order valence-electron chi connectivity index (χ3n) is 4.48. The second-order valence-electron chi connectivity index (χ2n) is 5.87. The second kappa shape index (κ2) is 4.38. The van der Waals surface area contributed by atoms with Crippen molar-refractivity contribution in [2.45, 2.75) is 44.7 Å². The van der Waals surface area contributed by atoms with E-state index in [1.165, 1.54) is 30.5 Å². The molecule has 4 rings (SSSR count). The van der Waals surface area contributed by atoms with E-state index in [1.54, 1.807) is 0 Å². The van der Waals surface area contributed by atoms with E-state index in [0.29, 0.717) is 12.1 Å². The molecule has 0 spiro atoms. The van der Waals surface area contributed by atoms with Crippen molar-refractivity contribution >= 4 is 0 Å². The number of aryl methyl sites for hydroxylation is 2. The quantitative estimate of drug-likeness (QED) is 0.859. The maximum absolute atomic E-state index is 4.73. The molecule has 2 aliphatic heterocycles. The number of hydrogen-bond acceptors (Lipinski definition) is 4. The number of hydrogen-bond donors (Lipinski definition) is 1. The molecule has 5 heteroatoms. The molecule has 2 atom stereocenters. The molecule has 0 amide bonds. The zero-order valence-corrected chi connectivity index (χ0v) is 11.9. The van der Waals surface area contributed by atoms with E-state index >= 15 is 0 Å². The lowest BCUT2D eigenvalue weighted by molar-refractivity contribution is 0.295. The van der Waals surface area contributed by atoms with Crippen LogP contribution in [0, 0.1) is 6.92 Å². The Bertz CT molecular complexity index is 660. The summed E-state index contributed by atoms with van der Waals surface area (Å²) in [6, 6.07) is 3.03. The van der Waals surface area contributed by atoms with Gasteiger partial charge in [0.05, 0.1) is 23.1 Å². The Kier molecular flexibility index (Phi) is 2.63. The third kappa shape index (κ3) is 1.77. The van der Waals surface area contributed by atoms with Crippen LogP contribution in [0.1, 0.15) is 42.4 Å². The molecular weight excluding hydrogens is 250 g/mol. The molecule has 0 aliphatic carbocycles. The molecule has 5 nitrogen and oxygen atoms in total. The van der Waals surface area contributed by atoms with Gasteiger partial charge in [-0.1, -0.05) is 0 Å². The van der Waals surface area contributed by atoms with Crippen LogP contribution in [0.25, 0.3) is 11.4 Å². The smallest absolute Gasteiger partial charge is 0.126 e. The van der Waals surface area contributed by atoms with E-state index in [2.05, 4.69) is 10.4 Å². The fraction of sp³-hybridized carbons (Fsp3) is 0.533. The van der Waals surface area contributed by atoms with Crippen LogP contribution in [-0.4, -0.2) is 25.8 Å². The number of aromatic nitrogens is 4. The highest BCUT2D eigenvalue weighted by atomic mass is 15.3. The SMILES string of the molecule is Cc1nc(-c2ccnn2C)c2c(n1)[C@H]1CCC[C@@H](C2)N1. The summed E-state index contributed by atoms with van der Waals surface area (Å²) in [4.78, 5) is 9.45. The molecule has 104 valence electrons. The van der Waals surface area contributed by atoms with Gasteiger partial charge in [-0.15, -0.1) is 0 Å². The first-order valence-electron chi connectivity index (χ1n) is 7.34. The summed E-state index contributed by atoms with van der Waals surface area (Å²) >= 11 is 0. The molecule has 2 aliphatic rings. The highest BCUT2D eigenvalue weighted by Gasteiger charge is 2.33. The molecule has 20 heavy (non-hydrogen) atoms. The maximum atomic E-state index is 4.73. The summed E-state index contributed by atoms with van der Waals surface area (Å²) < 4.78 is 1.90. The number of nitrogens with one attached hydrogen (secondary N) is 1. The summed E-state index contributed by atoms with van der Waals surface area (Å²) in [5.41, 5.74) is 4.70. The Morgan fingerprint density at radius 3 is 3.00 bits per heavy atom. The van der Waals surface area contributed by atoms with E-state index in [-0.39, 0.29) is 0 Å². The lowest BCUT2D eigenvalue weighted by Gasteiger charge is -2.37. The lowest BCUT2D eigenvalue weighted by atomic mass is 9.83. The Hall–Kier alpha value is -1.75. The predicted octanol–water partition coefficient (Wildman–Crippen LogP) is 1.92. The zero-order chi connectivity index (χ0) is 13.7. The molecule has 1 N–H and O–H groups in total. The monoisotopic (exact) mass is 269 g/mol. The molecule has 0 saturated carbocycles. The van der Waals surface area contributed by atoms with Crippen LogP contribution >= 0.6 is 0 Å². The van der Waals surface area contributed by atoms with E-state index in [9.17, 15) is 0 Å². The Labute approximate surface area is 118 Å². The first kappa shape index (κ1) is 12.0. The normalized spacial score (nSPS) is 24.5. The molecule has 4 heterocycles. The first-order chi connectivity index (χ1) is 9.72. The van der Waals surface area contributed by atoms with Crippen LogP contribution in [0.2, 0.25) is 0 Å². The van der Waals surface area contributed by atoms with Crippen LogP contribution < -0.4 is 5.32 Å². The van der Waals surface area contributed by atoms with Crippen LogP contribution in [-0.2, 0) is 13.5 Å². The third-order valence-corrected chi connectivity index (χ3v) is 4.48. The van der Waals surface area contributed by atoms with Gasteiger partial charge in [-0.2, -0.15) is 5.10 Å². The molecule has 1 saturated heterocycles. The van der Waals surface area contributed by atoms with Crippen molar-refractivity contribution in [3.8, 4) is 11.4 Å². The zero-order valence-electron chi connectivity index (χ0n) is 11.9. The van der Waals surface area contributed by atoms with Crippen LogP contribution in [0.5, 0.6) is 0 Å². The van der Waals surface area contributed by atoms with Gasteiger partial charge in [0.15, 0.2) is 0 Å². The van der Waals surface area contributed by atoms with E-state index < -0.39 is 0 Å². The summed E-state index contributed by atoms with van der Waals surface area (Å²) in [6.45, 7) is 1.98.